The van der Waals surface area contributed by atoms with Crippen molar-refractivity contribution in [1.82, 2.24) is 0 Å². The van der Waals surface area contributed by atoms with Crippen LogP contribution in [0.25, 0.3) is 0 Å². The highest BCUT2D eigenvalue weighted by Crippen LogP contribution is 2.33. The minimum Gasteiger partial charge on any atom is -0.497 e. The number of anilines is 2. The minimum atomic E-state index is -3.88. The number of aryl methyl sites for hydroxylation is 1. The van der Waals surface area contributed by atoms with Gasteiger partial charge in [0.1, 0.15) is 16.4 Å². The van der Waals surface area contributed by atoms with Gasteiger partial charge in [-0.15, -0.1) is 0 Å². The van der Waals surface area contributed by atoms with E-state index in [1.54, 1.807) is 35.2 Å². The predicted molar refractivity (Wildman–Crippen MR) is 103 cm³/mol. The molecule has 0 saturated carbocycles. The van der Waals surface area contributed by atoms with Gasteiger partial charge in [0.15, 0.2) is 0 Å². The summed E-state index contributed by atoms with van der Waals surface area (Å²) in [5, 5.41) is 0. The van der Waals surface area contributed by atoms with Crippen molar-refractivity contribution >= 4 is 27.3 Å². The Morgan fingerprint density at radius 2 is 1.89 bits per heavy atom. The molecule has 0 fully saturated rings. The van der Waals surface area contributed by atoms with Gasteiger partial charge >= 0.3 is 0 Å². The fraction of sp³-hybridized carbons (Fsp3) is 0.316. The Labute approximate surface area is 158 Å². The van der Waals surface area contributed by atoms with Crippen molar-refractivity contribution in [2.24, 2.45) is 0 Å². The number of amides is 1. The number of benzene rings is 2. The van der Waals surface area contributed by atoms with E-state index in [4.69, 9.17) is 9.47 Å². The van der Waals surface area contributed by atoms with Crippen molar-refractivity contribution < 1.29 is 22.7 Å². The molecule has 0 bridgehead atoms. The fourth-order valence-corrected chi connectivity index (χ4v) is 4.43. The van der Waals surface area contributed by atoms with Crippen LogP contribution in [0.3, 0.4) is 0 Å². The van der Waals surface area contributed by atoms with Gasteiger partial charge in [-0.3, -0.25) is 9.52 Å². The molecule has 8 heteroatoms. The number of hydrogen-bond acceptors (Lipinski definition) is 5. The van der Waals surface area contributed by atoms with E-state index in [0.717, 1.165) is 24.1 Å². The fourth-order valence-electron chi connectivity index (χ4n) is 3.19. The van der Waals surface area contributed by atoms with Crippen molar-refractivity contribution in [3.63, 3.8) is 0 Å². The SMILES string of the molecule is COc1ccc(OC)c(S(=O)(=O)Nc2ccc3c(c2)CCCN3C(C)=O)c1. The molecule has 0 unspecified atom stereocenters. The highest BCUT2D eigenvalue weighted by Gasteiger charge is 2.23. The van der Waals surface area contributed by atoms with Gasteiger partial charge in [0, 0.05) is 30.9 Å². The van der Waals surface area contributed by atoms with E-state index in [-0.39, 0.29) is 16.6 Å². The second kappa shape index (κ2) is 7.48. The highest BCUT2D eigenvalue weighted by molar-refractivity contribution is 7.92. The van der Waals surface area contributed by atoms with Crippen molar-refractivity contribution in [3.8, 4) is 11.5 Å². The quantitative estimate of drug-likeness (QED) is 0.849. The maximum Gasteiger partial charge on any atom is 0.265 e. The standard InChI is InChI=1S/C19H22N2O5S/c1-13(22)21-10-4-5-14-11-15(6-8-17(14)21)20-27(23,24)19-12-16(25-2)7-9-18(19)26-3/h6-9,11-12,20H,4-5,10H2,1-3H3. The van der Waals surface area contributed by atoms with E-state index in [1.165, 1.54) is 27.2 Å². The number of nitrogens with zero attached hydrogens (tertiary/aromatic N) is 1. The summed E-state index contributed by atoms with van der Waals surface area (Å²) in [7, 11) is -1.000. The van der Waals surface area contributed by atoms with Crippen LogP contribution in [0, 0.1) is 0 Å². The minimum absolute atomic E-state index is 0.00701. The van der Waals surface area contributed by atoms with Gasteiger partial charge in [-0.25, -0.2) is 8.42 Å². The second-order valence-electron chi connectivity index (χ2n) is 6.24. The molecule has 2 aromatic carbocycles. The summed E-state index contributed by atoms with van der Waals surface area (Å²) in [5.41, 5.74) is 2.20. The molecule has 1 heterocycles. The molecule has 0 spiro atoms. The summed E-state index contributed by atoms with van der Waals surface area (Å²) < 4.78 is 38.6. The Kier molecular flexibility index (Phi) is 5.27. The van der Waals surface area contributed by atoms with Crippen LogP contribution in [0.4, 0.5) is 11.4 Å². The van der Waals surface area contributed by atoms with Crippen LogP contribution in [0.15, 0.2) is 41.3 Å². The van der Waals surface area contributed by atoms with E-state index in [0.29, 0.717) is 18.0 Å². The zero-order chi connectivity index (χ0) is 19.6. The molecule has 1 aliphatic heterocycles. The highest BCUT2D eigenvalue weighted by atomic mass is 32.2. The molecule has 0 atom stereocenters. The lowest BCUT2D eigenvalue weighted by atomic mass is 10.0. The van der Waals surface area contributed by atoms with Crippen LogP contribution in [0.2, 0.25) is 0 Å². The Bertz CT molecular complexity index is 972. The summed E-state index contributed by atoms with van der Waals surface area (Å²) in [6, 6.07) is 9.80. The summed E-state index contributed by atoms with van der Waals surface area (Å²) in [6.07, 6.45) is 1.63. The van der Waals surface area contributed by atoms with Crippen LogP contribution >= 0.6 is 0 Å². The molecule has 3 rings (SSSR count). The topological polar surface area (TPSA) is 84.9 Å². The largest absolute Gasteiger partial charge is 0.497 e. The van der Waals surface area contributed by atoms with E-state index >= 15 is 0 Å². The van der Waals surface area contributed by atoms with E-state index in [9.17, 15) is 13.2 Å². The molecule has 1 aliphatic rings. The smallest absolute Gasteiger partial charge is 0.265 e. The number of nitrogens with one attached hydrogen (secondary N) is 1. The van der Waals surface area contributed by atoms with Gasteiger partial charge in [0.25, 0.3) is 10.0 Å². The lowest BCUT2D eigenvalue weighted by Crippen LogP contribution is -2.33. The molecule has 2 aromatic rings. The average Bonchev–Trinajstić information content (AvgIpc) is 2.66. The molecule has 0 radical (unpaired) electrons. The van der Waals surface area contributed by atoms with Gasteiger partial charge in [-0.1, -0.05) is 0 Å². The lowest BCUT2D eigenvalue weighted by Gasteiger charge is -2.29. The van der Waals surface area contributed by atoms with Crippen molar-refractivity contribution in [1.29, 1.82) is 0 Å². The predicted octanol–water partition coefficient (Wildman–Crippen LogP) is 2.80. The molecule has 1 amide bonds. The number of carbonyl (C=O) groups excluding carboxylic acids is 1. The molecule has 0 aliphatic carbocycles. The number of rotatable bonds is 5. The Morgan fingerprint density at radius 1 is 1.11 bits per heavy atom. The van der Waals surface area contributed by atoms with E-state index in [2.05, 4.69) is 4.72 Å². The summed E-state index contributed by atoms with van der Waals surface area (Å²) in [4.78, 5) is 13.5. The van der Waals surface area contributed by atoms with Gasteiger partial charge in [-0.2, -0.15) is 0 Å². The second-order valence-corrected chi connectivity index (χ2v) is 7.89. The maximum atomic E-state index is 12.9. The lowest BCUT2D eigenvalue weighted by molar-refractivity contribution is -0.116. The molecule has 0 saturated heterocycles. The molecular weight excluding hydrogens is 368 g/mol. The molecule has 27 heavy (non-hydrogen) atoms. The number of fused-ring (bicyclic) bond motifs is 1. The van der Waals surface area contributed by atoms with Gasteiger partial charge in [0.05, 0.1) is 14.2 Å². The Morgan fingerprint density at radius 3 is 2.56 bits per heavy atom. The van der Waals surface area contributed by atoms with Crippen LogP contribution in [0.1, 0.15) is 18.9 Å². The number of carbonyl (C=O) groups is 1. The number of methoxy groups -OCH3 is 2. The number of sulfonamides is 1. The van der Waals surface area contributed by atoms with Crippen molar-refractivity contribution in [3.05, 3.63) is 42.0 Å². The number of hydrogen-bond donors (Lipinski definition) is 1. The van der Waals surface area contributed by atoms with Crippen LogP contribution in [0.5, 0.6) is 11.5 Å². The van der Waals surface area contributed by atoms with Gasteiger partial charge < -0.3 is 14.4 Å². The maximum absolute atomic E-state index is 12.9. The normalized spacial score (nSPS) is 13.7. The van der Waals surface area contributed by atoms with Crippen molar-refractivity contribution in [2.75, 3.05) is 30.4 Å². The third kappa shape index (κ3) is 3.85. The molecule has 0 aromatic heterocycles. The number of ether oxygens (including phenoxy) is 2. The first-order valence-corrected chi connectivity index (χ1v) is 10.00. The first kappa shape index (κ1) is 19.0. The summed E-state index contributed by atoms with van der Waals surface area (Å²) in [6.45, 7) is 2.20. The van der Waals surface area contributed by atoms with Gasteiger partial charge in [-0.05, 0) is 48.7 Å². The first-order valence-electron chi connectivity index (χ1n) is 8.51. The van der Waals surface area contributed by atoms with Crippen molar-refractivity contribution in [2.45, 2.75) is 24.7 Å². The van der Waals surface area contributed by atoms with Crippen LogP contribution < -0.4 is 19.1 Å². The third-order valence-electron chi connectivity index (χ3n) is 4.49. The van der Waals surface area contributed by atoms with E-state index < -0.39 is 10.0 Å². The molecular formula is C19H22N2O5S. The first-order chi connectivity index (χ1) is 12.9. The molecule has 144 valence electrons. The zero-order valence-corrected chi connectivity index (χ0v) is 16.3. The monoisotopic (exact) mass is 390 g/mol. The molecule has 7 nitrogen and oxygen atoms in total. The van der Waals surface area contributed by atoms with Gasteiger partial charge in [0.2, 0.25) is 5.91 Å². The zero-order valence-electron chi connectivity index (χ0n) is 15.5. The third-order valence-corrected chi connectivity index (χ3v) is 5.89. The molecule has 1 N–H and O–H groups in total. The Hall–Kier alpha value is -2.74. The summed E-state index contributed by atoms with van der Waals surface area (Å²) >= 11 is 0. The Balaban J connectivity index is 1.94. The van der Waals surface area contributed by atoms with Crippen LogP contribution in [-0.2, 0) is 21.2 Å². The summed E-state index contributed by atoms with van der Waals surface area (Å²) in [5.74, 6) is 0.619. The van der Waals surface area contributed by atoms with E-state index in [1.807, 2.05) is 0 Å². The average molecular weight is 390 g/mol. The van der Waals surface area contributed by atoms with Crippen LogP contribution in [-0.4, -0.2) is 35.1 Å².